The van der Waals surface area contributed by atoms with Gasteiger partial charge in [-0.2, -0.15) is 8.78 Å². The number of hydrogen-bond acceptors (Lipinski definition) is 7. The fraction of sp³-hybridized carbons (Fsp3) is 0.0370. The van der Waals surface area contributed by atoms with E-state index in [4.69, 9.17) is 9.47 Å². The van der Waals surface area contributed by atoms with Crippen LogP contribution in [-0.2, 0) is 10.3 Å². The summed E-state index contributed by atoms with van der Waals surface area (Å²) in [6.07, 6.45) is 0. The van der Waals surface area contributed by atoms with Crippen LogP contribution >= 0.6 is 0 Å². The van der Waals surface area contributed by atoms with Gasteiger partial charge in [0.2, 0.25) is 34.8 Å². The van der Waals surface area contributed by atoms with Crippen LogP contribution in [0.5, 0.6) is 28.7 Å². The molecule has 2 aliphatic rings. The molecule has 0 saturated heterocycles. The second-order valence-electron chi connectivity index (χ2n) is 8.58. The largest absolute Gasteiger partial charge is 0.508 e. The Bertz CT molecular complexity index is 1690. The minimum absolute atomic E-state index is 0.101. The first-order valence-electron chi connectivity index (χ1n) is 11.0. The Balaban J connectivity index is 1.47. The van der Waals surface area contributed by atoms with Crippen molar-refractivity contribution >= 4 is 11.9 Å². The molecule has 7 nitrogen and oxygen atoms in total. The summed E-state index contributed by atoms with van der Waals surface area (Å²) < 4.78 is 84.5. The van der Waals surface area contributed by atoms with Crippen molar-refractivity contribution in [2.45, 2.75) is 5.60 Å². The molecule has 0 saturated carbocycles. The SMILES string of the molecule is O=C(Oc1c(F)c(F)c(F)c(F)c1F)c1ccc2c(c1)C(=O)OC21c2ccc(O)cc2Oc2cc(O)ccc21. The highest BCUT2D eigenvalue weighted by Crippen LogP contribution is 2.57. The first-order valence-corrected chi connectivity index (χ1v) is 11.0. The topological polar surface area (TPSA) is 102 Å². The Labute approximate surface area is 214 Å². The highest BCUT2D eigenvalue weighted by atomic mass is 19.2. The number of benzene rings is 4. The quantitative estimate of drug-likeness (QED) is 0.112. The van der Waals surface area contributed by atoms with Crippen LogP contribution in [0.4, 0.5) is 22.0 Å². The van der Waals surface area contributed by atoms with E-state index >= 15 is 0 Å². The number of fused-ring (bicyclic) bond motifs is 6. The van der Waals surface area contributed by atoms with E-state index in [2.05, 4.69) is 4.74 Å². The van der Waals surface area contributed by atoms with Gasteiger partial charge in [0.1, 0.15) is 23.0 Å². The summed E-state index contributed by atoms with van der Waals surface area (Å²) in [5.74, 6) is -16.1. The van der Waals surface area contributed by atoms with Gasteiger partial charge >= 0.3 is 11.9 Å². The van der Waals surface area contributed by atoms with Gasteiger partial charge in [0.15, 0.2) is 5.60 Å². The number of ether oxygens (including phenoxy) is 3. The molecule has 0 aromatic heterocycles. The zero-order valence-electron chi connectivity index (χ0n) is 19.0. The standard InChI is InChI=1S/C27H11F5O7/c28-19-20(29)22(31)24(23(32)21(19)30)38-25(35)10-1-4-14-13(7-10)26(36)39-27(14)15-5-2-11(33)8-17(15)37-18-9-12(34)3-6-16(18)27/h1-9,33-34H. The number of phenolic OH excluding ortho intramolecular Hbond substituents is 2. The van der Waals surface area contributed by atoms with E-state index in [9.17, 15) is 41.8 Å². The van der Waals surface area contributed by atoms with Crippen LogP contribution in [-0.4, -0.2) is 22.2 Å². The lowest BCUT2D eigenvalue weighted by Gasteiger charge is -2.36. The van der Waals surface area contributed by atoms with Gasteiger partial charge in [-0.05, 0) is 36.4 Å². The molecule has 2 heterocycles. The van der Waals surface area contributed by atoms with E-state index in [0.717, 1.165) is 12.1 Å². The molecule has 39 heavy (non-hydrogen) atoms. The molecule has 2 aliphatic heterocycles. The van der Waals surface area contributed by atoms with Crippen LogP contribution in [0.3, 0.4) is 0 Å². The van der Waals surface area contributed by atoms with Gasteiger partial charge in [0, 0.05) is 28.8 Å². The van der Waals surface area contributed by atoms with Crippen molar-refractivity contribution in [3.05, 3.63) is 112 Å². The second kappa shape index (κ2) is 8.18. The van der Waals surface area contributed by atoms with Crippen LogP contribution in [0.1, 0.15) is 37.4 Å². The molecule has 0 aliphatic carbocycles. The fourth-order valence-electron chi connectivity index (χ4n) is 4.66. The molecule has 4 aromatic carbocycles. The lowest BCUT2D eigenvalue weighted by molar-refractivity contribution is 0.0224. The number of aromatic hydroxyl groups is 2. The van der Waals surface area contributed by atoms with Crippen molar-refractivity contribution in [3.8, 4) is 28.7 Å². The highest BCUT2D eigenvalue weighted by Gasteiger charge is 2.53. The summed E-state index contributed by atoms with van der Waals surface area (Å²) in [4.78, 5) is 25.7. The van der Waals surface area contributed by atoms with Gasteiger partial charge < -0.3 is 24.4 Å². The lowest BCUT2D eigenvalue weighted by atomic mass is 9.77. The average Bonchev–Trinajstić information content (AvgIpc) is 3.20. The molecule has 1 spiro atoms. The van der Waals surface area contributed by atoms with Crippen molar-refractivity contribution in [2.24, 2.45) is 0 Å². The van der Waals surface area contributed by atoms with E-state index in [0.29, 0.717) is 11.1 Å². The van der Waals surface area contributed by atoms with E-state index < -0.39 is 57.9 Å². The summed E-state index contributed by atoms with van der Waals surface area (Å²) in [6, 6.07) is 11.5. The molecule has 6 rings (SSSR count). The van der Waals surface area contributed by atoms with E-state index in [1.54, 1.807) is 0 Å². The molecule has 0 radical (unpaired) electrons. The number of esters is 2. The molecule has 0 amide bonds. The Morgan fingerprint density at radius 1 is 0.718 bits per heavy atom. The Kier molecular flexibility index (Phi) is 5.08. The number of carbonyl (C=O) groups is 2. The third-order valence-electron chi connectivity index (χ3n) is 6.37. The first-order chi connectivity index (χ1) is 18.5. The summed E-state index contributed by atoms with van der Waals surface area (Å²) in [7, 11) is 0. The summed E-state index contributed by atoms with van der Waals surface area (Å²) in [5.41, 5.74) is -1.51. The third kappa shape index (κ3) is 3.34. The maximum Gasteiger partial charge on any atom is 0.343 e. The van der Waals surface area contributed by atoms with Gasteiger partial charge in [-0.1, -0.05) is 6.07 Å². The molecule has 0 unspecified atom stereocenters. The van der Waals surface area contributed by atoms with Crippen molar-refractivity contribution in [3.63, 3.8) is 0 Å². The maximum atomic E-state index is 14.0. The monoisotopic (exact) mass is 542 g/mol. The van der Waals surface area contributed by atoms with Crippen molar-refractivity contribution in [1.29, 1.82) is 0 Å². The first kappa shape index (κ1) is 24.2. The average molecular weight is 542 g/mol. The van der Waals surface area contributed by atoms with E-state index in [1.807, 2.05) is 0 Å². The Hall–Kier alpha value is -5.13. The molecule has 0 bridgehead atoms. The van der Waals surface area contributed by atoms with E-state index in [-0.39, 0.29) is 34.1 Å². The van der Waals surface area contributed by atoms with Crippen LogP contribution in [0.25, 0.3) is 0 Å². The molecule has 4 aromatic rings. The number of rotatable bonds is 2. The minimum atomic E-state index is -2.42. The van der Waals surface area contributed by atoms with Crippen LogP contribution < -0.4 is 9.47 Å². The van der Waals surface area contributed by atoms with Crippen LogP contribution in [0.2, 0.25) is 0 Å². The van der Waals surface area contributed by atoms with E-state index in [1.165, 1.54) is 42.5 Å². The zero-order valence-corrected chi connectivity index (χ0v) is 19.0. The molecule has 2 N–H and O–H groups in total. The van der Waals surface area contributed by atoms with Gasteiger partial charge in [0.05, 0.1) is 11.1 Å². The number of phenols is 2. The molecule has 196 valence electrons. The van der Waals surface area contributed by atoms with Gasteiger partial charge in [-0.15, -0.1) is 0 Å². The molecule has 12 heteroatoms. The fourth-order valence-corrected chi connectivity index (χ4v) is 4.66. The van der Waals surface area contributed by atoms with Crippen LogP contribution in [0.15, 0.2) is 54.6 Å². The molecular weight excluding hydrogens is 531 g/mol. The van der Waals surface area contributed by atoms with Gasteiger partial charge in [-0.3, -0.25) is 0 Å². The number of halogens is 5. The molecule has 0 atom stereocenters. The third-order valence-corrected chi connectivity index (χ3v) is 6.37. The van der Waals surface area contributed by atoms with Crippen LogP contribution in [0, 0.1) is 29.1 Å². The minimum Gasteiger partial charge on any atom is -0.508 e. The van der Waals surface area contributed by atoms with Gasteiger partial charge in [0.25, 0.3) is 0 Å². The summed E-state index contributed by atoms with van der Waals surface area (Å²) in [6.45, 7) is 0. The second-order valence-corrected chi connectivity index (χ2v) is 8.58. The van der Waals surface area contributed by atoms with Crippen molar-refractivity contribution in [2.75, 3.05) is 0 Å². The summed E-state index contributed by atoms with van der Waals surface area (Å²) >= 11 is 0. The molecule has 0 fully saturated rings. The maximum absolute atomic E-state index is 14.0. The smallest absolute Gasteiger partial charge is 0.343 e. The predicted octanol–water partition coefficient (Wildman–Crippen LogP) is 5.58. The van der Waals surface area contributed by atoms with Gasteiger partial charge in [-0.25, -0.2) is 22.8 Å². The Morgan fingerprint density at radius 3 is 1.79 bits per heavy atom. The summed E-state index contributed by atoms with van der Waals surface area (Å²) in [5, 5.41) is 19.9. The normalized spacial score (nSPS) is 14.2. The zero-order chi connectivity index (χ0) is 27.8. The number of hydrogen-bond donors (Lipinski definition) is 2. The Morgan fingerprint density at radius 2 is 1.23 bits per heavy atom. The predicted molar refractivity (Wildman–Crippen MR) is 119 cm³/mol. The highest BCUT2D eigenvalue weighted by molar-refractivity contribution is 6.00. The number of carbonyl (C=O) groups excluding carboxylic acids is 2. The van der Waals surface area contributed by atoms with Crippen molar-refractivity contribution < 1.29 is 56.0 Å². The lowest BCUT2D eigenvalue weighted by Crippen LogP contribution is -2.32. The molecular formula is C27H11F5O7. The van der Waals surface area contributed by atoms with Crippen molar-refractivity contribution in [1.82, 2.24) is 0 Å².